The van der Waals surface area contributed by atoms with E-state index >= 15 is 0 Å². The fourth-order valence-corrected chi connectivity index (χ4v) is 2.15. The van der Waals surface area contributed by atoms with Crippen molar-refractivity contribution in [2.24, 2.45) is 5.73 Å². The van der Waals surface area contributed by atoms with Crippen LogP contribution in [0.2, 0.25) is 0 Å². The Labute approximate surface area is 117 Å². The normalized spacial score (nSPS) is 13.0. The predicted molar refractivity (Wildman–Crippen MR) is 72.6 cm³/mol. The molecule has 0 aliphatic heterocycles. The first-order chi connectivity index (χ1) is 9.27. The van der Waals surface area contributed by atoms with Crippen LogP contribution in [-0.4, -0.2) is 40.3 Å². The van der Waals surface area contributed by atoms with Gasteiger partial charge in [-0.15, -0.1) is 0 Å². The van der Waals surface area contributed by atoms with Gasteiger partial charge in [-0.2, -0.15) is 0 Å². The molecule has 3 N–H and O–H groups in total. The molecule has 1 aromatic carbocycles. The molecule has 1 atom stereocenters. The van der Waals surface area contributed by atoms with Crippen molar-refractivity contribution < 1.29 is 22.3 Å². The van der Waals surface area contributed by atoms with Crippen LogP contribution in [0.15, 0.2) is 23.1 Å². The van der Waals surface area contributed by atoms with Crippen molar-refractivity contribution in [3.05, 3.63) is 24.0 Å². The van der Waals surface area contributed by atoms with Gasteiger partial charge in [-0.25, -0.2) is 12.8 Å². The number of nitrogens with two attached hydrogens (primary N) is 1. The zero-order valence-corrected chi connectivity index (χ0v) is 12.0. The number of ether oxygens (including phenoxy) is 1. The topological polar surface area (TPSA) is 98.5 Å². The van der Waals surface area contributed by atoms with E-state index in [4.69, 9.17) is 10.5 Å². The first-order valence-corrected chi connectivity index (χ1v) is 7.69. The highest BCUT2D eigenvalue weighted by Gasteiger charge is 2.15. The number of hydrogen-bond acceptors (Lipinski definition) is 5. The van der Waals surface area contributed by atoms with Gasteiger partial charge in [-0.1, -0.05) is 0 Å². The third kappa shape index (κ3) is 4.55. The summed E-state index contributed by atoms with van der Waals surface area (Å²) >= 11 is 0. The van der Waals surface area contributed by atoms with E-state index < -0.39 is 27.7 Å². The maximum atomic E-state index is 13.6. The Morgan fingerprint density at radius 3 is 2.65 bits per heavy atom. The molecule has 0 fully saturated rings. The lowest BCUT2D eigenvalue weighted by Gasteiger charge is -2.13. The molecule has 20 heavy (non-hydrogen) atoms. The zero-order valence-electron chi connectivity index (χ0n) is 11.2. The number of amides is 1. The van der Waals surface area contributed by atoms with Gasteiger partial charge in [0, 0.05) is 19.9 Å². The maximum Gasteiger partial charge on any atom is 0.227 e. The molecule has 0 aliphatic rings. The summed E-state index contributed by atoms with van der Waals surface area (Å²) in [7, 11) is -2.06. The summed E-state index contributed by atoms with van der Waals surface area (Å²) in [4.78, 5) is 11.6. The van der Waals surface area contributed by atoms with Gasteiger partial charge < -0.3 is 15.8 Å². The molecule has 0 bridgehead atoms. The van der Waals surface area contributed by atoms with Crippen molar-refractivity contribution in [2.45, 2.75) is 17.4 Å². The van der Waals surface area contributed by atoms with Gasteiger partial charge >= 0.3 is 0 Å². The molecule has 0 heterocycles. The van der Waals surface area contributed by atoms with Crippen LogP contribution in [0, 0.1) is 5.82 Å². The number of rotatable bonds is 6. The quantitative estimate of drug-likeness (QED) is 0.747. The van der Waals surface area contributed by atoms with Gasteiger partial charge in [-0.3, -0.25) is 4.79 Å². The Hall–Kier alpha value is -1.51. The molecule has 6 nitrogen and oxygen atoms in total. The summed E-state index contributed by atoms with van der Waals surface area (Å²) < 4.78 is 41.3. The molecule has 0 aliphatic carbocycles. The number of methoxy groups -OCH3 is 1. The molecule has 112 valence electrons. The Morgan fingerprint density at radius 1 is 1.50 bits per heavy atom. The average molecular weight is 304 g/mol. The van der Waals surface area contributed by atoms with E-state index in [-0.39, 0.29) is 23.5 Å². The summed E-state index contributed by atoms with van der Waals surface area (Å²) in [6.45, 7) is 0.149. The molecule has 0 saturated carbocycles. The second kappa shape index (κ2) is 6.78. The van der Waals surface area contributed by atoms with Crippen LogP contribution in [0.3, 0.4) is 0 Å². The summed E-state index contributed by atoms with van der Waals surface area (Å²) in [5, 5.41) is 2.31. The number of hydrogen-bond donors (Lipinski definition) is 2. The molecule has 0 saturated heterocycles. The predicted octanol–water partition coefficient (Wildman–Crippen LogP) is 0.531. The number of benzene rings is 1. The van der Waals surface area contributed by atoms with Gasteiger partial charge in [0.15, 0.2) is 9.84 Å². The second-order valence-corrected chi connectivity index (χ2v) is 6.28. The number of carbonyl (C=O) groups excluding carboxylic acids is 1. The van der Waals surface area contributed by atoms with Crippen LogP contribution in [0.25, 0.3) is 0 Å². The van der Waals surface area contributed by atoms with Gasteiger partial charge in [0.2, 0.25) is 5.91 Å². The molecular weight excluding hydrogens is 287 g/mol. The van der Waals surface area contributed by atoms with Crippen LogP contribution in [0.5, 0.6) is 0 Å². The SMILES string of the molecule is COC(CN)CC(=O)Nc1cc(S(C)(=O)=O)ccc1F. The van der Waals surface area contributed by atoms with E-state index in [2.05, 4.69) is 5.32 Å². The highest BCUT2D eigenvalue weighted by Crippen LogP contribution is 2.20. The van der Waals surface area contributed by atoms with Gasteiger partial charge in [-0.05, 0) is 18.2 Å². The minimum Gasteiger partial charge on any atom is -0.380 e. The van der Waals surface area contributed by atoms with E-state index in [1.165, 1.54) is 7.11 Å². The summed E-state index contributed by atoms with van der Waals surface area (Å²) in [5.41, 5.74) is 5.19. The fourth-order valence-electron chi connectivity index (χ4n) is 1.50. The van der Waals surface area contributed by atoms with Crippen molar-refractivity contribution in [1.29, 1.82) is 0 Å². The lowest BCUT2D eigenvalue weighted by atomic mass is 10.2. The molecule has 0 spiro atoms. The Bertz CT molecular complexity index is 585. The lowest BCUT2D eigenvalue weighted by molar-refractivity contribution is -0.118. The molecule has 8 heteroatoms. The Morgan fingerprint density at radius 2 is 2.15 bits per heavy atom. The minimum absolute atomic E-state index is 0.0461. The molecule has 1 rings (SSSR count). The van der Waals surface area contributed by atoms with Crippen molar-refractivity contribution in [3.63, 3.8) is 0 Å². The first kappa shape index (κ1) is 16.5. The lowest BCUT2D eigenvalue weighted by Crippen LogP contribution is -2.28. The molecule has 0 aromatic heterocycles. The van der Waals surface area contributed by atoms with Crippen LogP contribution in [0.1, 0.15) is 6.42 Å². The van der Waals surface area contributed by atoms with Crippen LogP contribution in [-0.2, 0) is 19.4 Å². The van der Waals surface area contributed by atoms with E-state index in [0.717, 1.165) is 24.5 Å². The third-order valence-electron chi connectivity index (χ3n) is 2.65. The smallest absolute Gasteiger partial charge is 0.227 e. The first-order valence-electron chi connectivity index (χ1n) is 5.80. The third-order valence-corrected chi connectivity index (χ3v) is 3.76. The van der Waals surface area contributed by atoms with Crippen LogP contribution < -0.4 is 11.1 Å². The molecule has 0 radical (unpaired) electrons. The van der Waals surface area contributed by atoms with Crippen LogP contribution in [0.4, 0.5) is 10.1 Å². The molecular formula is C12H17FN2O4S. The standard InChI is InChI=1S/C12H17FN2O4S/c1-19-8(7-14)5-12(16)15-11-6-9(20(2,17)18)3-4-10(11)13/h3-4,6,8H,5,7,14H2,1-2H3,(H,15,16). The highest BCUT2D eigenvalue weighted by atomic mass is 32.2. The van der Waals surface area contributed by atoms with Gasteiger partial charge in [0.1, 0.15) is 5.82 Å². The summed E-state index contributed by atoms with van der Waals surface area (Å²) in [6.07, 6.45) is 0.479. The maximum absolute atomic E-state index is 13.6. The van der Waals surface area contributed by atoms with Gasteiger partial charge in [0.05, 0.1) is 23.1 Å². The molecule has 1 aromatic rings. The number of carbonyl (C=O) groups is 1. The number of halogens is 1. The van der Waals surface area contributed by atoms with E-state index in [1.54, 1.807) is 0 Å². The van der Waals surface area contributed by atoms with E-state index in [1.807, 2.05) is 0 Å². The second-order valence-electron chi connectivity index (χ2n) is 4.26. The average Bonchev–Trinajstić information content (AvgIpc) is 2.37. The van der Waals surface area contributed by atoms with E-state index in [9.17, 15) is 17.6 Å². The Kier molecular flexibility index (Phi) is 5.61. The van der Waals surface area contributed by atoms with Crippen molar-refractivity contribution in [3.8, 4) is 0 Å². The van der Waals surface area contributed by atoms with Crippen molar-refractivity contribution in [2.75, 3.05) is 25.2 Å². The molecule has 1 unspecified atom stereocenters. The Balaban J connectivity index is 2.89. The number of nitrogens with one attached hydrogen (secondary N) is 1. The zero-order chi connectivity index (χ0) is 15.3. The monoisotopic (exact) mass is 304 g/mol. The van der Waals surface area contributed by atoms with Crippen LogP contribution >= 0.6 is 0 Å². The summed E-state index contributed by atoms with van der Waals surface area (Å²) in [6, 6.07) is 3.20. The summed E-state index contributed by atoms with van der Waals surface area (Å²) in [5.74, 6) is -1.22. The highest BCUT2D eigenvalue weighted by molar-refractivity contribution is 7.90. The van der Waals surface area contributed by atoms with Gasteiger partial charge in [0.25, 0.3) is 0 Å². The van der Waals surface area contributed by atoms with Crippen molar-refractivity contribution in [1.82, 2.24) is 0 Å². The van der Waals surface area contributed by atoms with E-state index in [0.29, 0.717) is 0 Å². The minimum atomic E-state index is -3.47. The fraction of sp³-hybridized carbons (Fsp3) is 0.417. The largest absolute Gasteiger partial charge is 0.380 e. The molecule has 1 amide bonds. The number of sulfone groups is 1. The van der Waals surface area contributed by atoms with Crippen molar-refractivity contribution >= 4 is 21.4 Å². The number of anilines is 1.